The highest BCUT2D eigenvalue weighted by molar-refractivity contribution is 6.34. The molecule has 8 nitrogen and oxygen atoms in total. The highest BCUT2D eigenvalue weighted by Crippen LogP contribution is 2.32. The first-order chi connectivity index (χ1) is 14.2. The minimum Gasteiger partial charge on any atom is -0.494 e. The second-order valence-electron chi connectivity index (χ2n) is 8.49. The molecule has 0 bridgehead atoms. The van der Waals surface area contributed by atoms with Crippen LogP contribution in [0.5, 0.6) is 5.75 Å². The number of aromatic nitrogens is 4. The van der Waals surface area contributed by atoms with Crippen LogP contribution < -0.4 is 4.74 Å². The average molecular weight is 432 g/mol. The molecule has 1 aliphatic heterocycles. The van der Waals surface area contributed by atoms with Gasteiger partial charge in [-0.25, -0.2) is 9.31 Å². The van der Waals surface area contributed by atoms with Gasteiger partial charge in [0.1, 0.15) is 16.9 Å². The third-order valence-electron chi connectivity index (χ3n) is 5.18. The SMILES string of the molecule is COc1cc(-c2cnn(C3CCN(C(=O)OC(C)(C)C)CC3)c2)cn2ncc(Cl)c12. The van der Waals surface area contributed by atoms with Gasteiger partial charge in [0.2, 0.25) is 0 Å². The highest BCUT2D eigenvalue weighted by Gasteiger charge is 2.28. The lowest BCUT2D eigenvalue weighted by Gasteiger charge is -2.33. The van der Waals surface area contributed by atoms with E-state index >= 15 is 0 Å². The molecule has 3 aromatic heterocycles. The largest absolute Gasteiger partial charge is 0.494 e. The van der Waals surface area contributed by atoms with Crippen LogP contribution >= 0.6 is 11.6 Å². The van der Waals surface area contributed by atoms with Gasteiger partial charge >= 0.3 is 6.09 Å². The molecule has 0 aromatic carbocycles. The fraction of sp³-hybridized carbons (Fsp3) is 0.476. The number of piperidine rings is 1. The molecular weight excluding hydrogens is 406 g/mol. The summed E-state index contributed by atoms with van der Waals surface area (Å²) in [7, 11) is 1.62. The van der Waals surface area contributed by atoms with E-state index in [1.54, 1.807) is 22.7 Å². The van der Waals surface area contributed by atoms with Crippen LogP contribution in [0, 0.1) is 0 Å². The molecule has 4 rings (SSSR count). The maximum absolute atomic E-state index is 12.3. The number of amides is 1. The van der Waals surface area contributed by atoms with E-state index in [4.69, 9.17) is 21.1 Å². The number of nitrogens with zero attached hydrogens (tertiary/aromatic N) is 5. The van der Waals surface area contributed by atoms with E-state index in [-0.39, 0.29) is 12.1 Å². The number of likely N-dealkylation sites (tertiary alicyclic amines) is 1. The van der Waals surface area contributed by atoms with Crippen LogP contribution in [0.4, 0.5) is 4.79 Å². The zero-order valence-corrected chi connectivity index (χ0v) is 18.4. The zero-order valence-electron chi connectivity index (χ0n) is 17.6. The van der Waals surface area contributed by atoms with Gasteiger partial charge in [0.15, 0.2) is 0 Å². The predicted octanol–water partition coefficient (Wildman–Crippen LogP) is 4.43. The van der Waals surface area contributed by atoms with Crippen LogP contribution in [0.3, 0.4) is 0 Å². The van der Waals surface area contributed by atoms with E-state index in [2.05, 4.69) is 10.2 Å². The van der Waals surface area contributed by atoms with Crippen LogP contribution in [-0.2, 0) is 4.74 Å². The van der Waals surface area contributed by atoms with E-state index in [0.29, 0.717) is 23.9 Å². The minimum absolute atomic E-state index is 0.238. The molecule has 9 heteroatoms. The summed E-state index contributed by atoms with van der Waals surface area (Å²) in [5.41, 5.74) is 2.17. The van der Waals surface area contributed by atoms with Gasteiger partial charge in [-0.2, -0.15) is 10.2 Å². The lowest BCUT2D eigenvalue weighted by atomic mass is 10.1. The summed E-state index contributed by atoms with van der Waals surface area (Å²) in [6.45, 7) is 6.95. The maximum atomic E-state index is 12.3. The Hall–Kier alpha value is -2.74. The number of carbonyl (C=O) groups is 1. The van der Waals surface area contributed by atoms with Gasteiger partial charge in [-0.3, -0.25) is 4.68 Å². The van der Waals surface area contributed by atoms with Crippen molar-refractivity contribution in [3.8, 4) is 16.9 Å². The summed E-state index contributed by atoms with van der Waals surface area (Å²) in [6.07, 6.45) is 8.79. The average Bonchev–Trinajstić information content (AvgIpc) is 3.34. The van der Waals surface area contributed by atoms with Gasteiger partial charge in [0.25, 0.3) is 0 Å². The molecule has 0 aliphatic carbocycles. The van der Waals surface area contributed by atoms with Crippen molar-refractivity contribution in [3.63, 3.8) is 0 Å². The van der Waals surface area contributed by atoms with Crippen molar-refractivity contribution in [2.24, 2.45) is 0 Å². The fourth-order valence-corrected chi connectivity index (χ4v) is 3.91. The van der Waals surface area contributed by atoms with E-state index in [1.807, 2.05) is 50.1 Å². The summed E-state index contributed by atoms with van der Waals surface area (Å²) in [4.78, 5) is 14.0. The summed E-state index contributed by atoms with van der Waals surface area (Å²) < 4.78 is 14.7. The molecule has 1 aliphatic rings. The normalized spacial score (nSPS) is 15.6. The van der Waals surface area contributed by atoms with Crippen molar-refractivity contribution in [1.82, 2.24) is 24.3 Å². The number of pyridine rings is 1. The number of methoxy groups -OCH3 is 1. The second-order valence-corrected chi connectivity index (χ2v) is 8.90. The lowest BCUT2D eigenvalue weighted by Crippen LogP contribution is -2.42. The van der Waals surface area contributed by atoms with Crippen molar-refractivity contribution in [1.29, 1.82) is 0 Å². The van der Waals surface area contributed by atoms with Crippen molar-refractivity contribution in [3.05, 3.63) is 35.9 Å². The number of fused-ring (bicyclic) bond motifs is 1. The summed E-state index contributed by atoms with van der Waals surface area (Å²) in [6, 6.07) is 2.18. The number of ether oxygens (including phenoxy) is 2. The van der Waals surface area contributed by atoms with Crippen LogP contribution in [0.2, 0.25) is 5.02 Å². The smallest absolute Gasteiger partial charge is 0.410 e. The molecule has 30 heavy (non-hydrogen) atoms. The van der Waals surface area contributed by atoms with Gasteiger partial charge in [0.05, 0.1) is 30.6 Å². The monoisotopic (exact) mass is 431 g/mol. The zero-order chi connectivity index (χ0) is 21.5. The van der Waals surface area contributed by atoms with Crippen LogP contribution in [-0.4, -0.2) is 56.2 Å². The van der Waals surface area contributed by atoms with Gasteiger partial charge in [-0.15, -0.1) is 0 Å². The van der Waals surface area contributed by atoms with E-state index in [0.717, 1.165) is 29.5 Å². The van der Waals surface area contributed by atoms with Crippen LogP contribution in [0.15, 0.2) is 30.9 Å². The molecule has 160 valence electrons. The topological polar surface area (TPSA) is 73.9 Å². The molecule has 0 spiro atoms. The number of hydrogen-bond acceptors (Lipinski definition) is 5. The molecule has 4 heterocycles. The quantitative estimate of drug-likeness (QED) is 0.613. The first-order valence-corrected chi connectivity index (χ1v) is 10.4. The van der Waals surface area contributed by atoms with Crippen molar-refractivity contribution >= 4 is 23.2 Å². The number of carbonyl (C=O) groups excluding carboxylic acids is 1. The van der Waals surface area contributed by atoms with Gasteiger partial charge < -0.3 is 14.4 Å². The highest BCUT2D eigenvalue weighted by atomic mass is 35.5. The lowest BCUT2D eigenvalue weighted by molar-refractivity contribution is 0.0185. The Bertz CT molecular complexity index is 1060. The van der Waals surface area contributed by atoms with E-state index in [9.17, 15) is 4.79 Å². The van der Waals surface area contributed by atoms with Crippen molar-refractivity contribution < 1.29 is 14.3 Å². The predicted molar refractivity (Wildman–Crippen MR) is 114 cm³/mol. The Morgan fingerprint density at radius 3 is 2.53 bits per heavy atom. The number of hydrogen-bond donors (Lipinski definition) is 0. The van der Waals surface area contributed by atoms with Crippen LogP contribution in [0.1, 0.15) is 39.7 Å². The summed E-state index contributed by atoms with van der Waals surface area (Å²) >= 11 is 6.21. The molecule has 0 N–H and O–H groups in total. The molecule has 0 unspecified atom stereocenters. The molecule has 0 radical (unpaired) electrons. The number of halogens is 1. The van der Waals surface area contributed by atoms with Crippen molar-refractivity contribution in [2.45, 2.75) is 45.3 Å². The Labute approximate surface area is 180 Å². The molecule has 0 saturated carbocycles. The molecule has 1 fully saturated rings. The van der Waals surface area contributed by atoms with Gasteiger partial charge in [0, 0.05) is 36.6 Å². The first-order valence-electron chi connectivity index (χ1n) is 9.98. The molecule has 1 amide bonds. The summed E-state index contributed by atoms with van der Waals surface area (Å²) in [5, 5.41) is 9.41. The Morgan fingerprint density at radius 2 is 1.87 bits per heavy atom. The van der Waals surface area contributed by atoms with E-state index < -0.39 is 5.60 Å². The standard InChI is InChI=1S/C21H26ClN5O3/c1-21(2,3)30-20(28)25-7-5-16(6-8-25)26-13-15(10-23-26)14-9-18(29-4)19-17(22)11-24-27(19)12-14/h9-13,16H,5-8H2,1-4H3. The minimum atomic E-state index is -0.480. The molecule has 3 aromatic rings. The van der Waals surface area contributed by atoms with E-state index in [1.165, 1.54) is 0 Å². The first kappa shape index (κ1) is 20.5. The number of rotatable bonds is 3. The van der Waals surface area contributed by atoms with Crippen LogP contribution in [0.25, 0.3) is 16.6 Å². The fourth-order valence-electron chi connectivity index (χ4n) is 3.69. The third kappa shape index (κ3) is 4.09. The Balaban J connectivity index is 1.48. The van der Waals surface area contributed by atoms with Gasteiger partial charge in [-0.05, 0) is 39.7 Å². The summed E-state index contributed by atoms with van der Waals surface area (Å²) in [5.74, 6) is 0.661. The third-order valence-corrected chi connectivity index (χ3v) is 5.45. The van der Waals surface area contributed by atoms with Gasteiger partial charge in [-0.1, -0.05) is 11.6 Å². The Morgan fingerprint density at radius 1 is 1.13 bits per heavy atom. The Kier molecular flexibility index (Phi) is 5.36. The molecular formula is C21H26ClN5O3. The van der Waals surface area contributed by atoms with Crippen molar-refractivity contribution in [2.75, 3.05) is 20.2 Å². The molecule has 0 atom stereocenters. The molecule has 1 saturated heterocycles. The maximum Gasteiger partial charge on any atom is 0.410 e. The second kappa shape index (κ2) is 7.83.